The number of methoxy groups -OCH3 is 2. The van der Waals surface area contributed by atoms with Gasteiger partial charge in [-0.1, -0.05) is 6.07 Å². The zero-order valence-electron chi connectivity index (χ0n) is 18.6. The van der Waals surface area contributed by atoms with E-state index in [1.54, 1.807) is 38.2 Å². The Balaban J connectivity index is 2.42. The van der Waals surface area contributed by atoms with Gasteiger partial charge in [-0.25, -0.2) is 12.7 Å². The number of hydrogen-bond acceptors (Lipinski definition) is 5. The topological polar surface area (TPSA) is 76.1 Å². The van der Waals surface area contributed by atoms with Crippen molar-refractivity contribution >= 4 is 15.9 Å². The van der Waals surface area contributed by atoms with E-state index >= 15 is 0 Å². The molecule has 0 atom stereocenters. The molecule has 0 saturated heterocycles. The van der Waals surface area contributed by atoms with E-state index in [1.807, 2.05) is 26.0 Å². The summed E-state index contributed by atoms with van der Waals surface area (Å²) in [5.74, 6) is 0.970. The molecule has 164 valence electrons. The van der Waals surface area contributed by atoms with Crippen LogP contribution in [-0.2, 0) is 16.6 Å². The maximum absolute atomic E-state index is 13.2. The Morgan fingerprint density at radius 3 is 2.17 bits per heavy atom. The summed E-state index contributed by atoms with van der Waals surface area (Å²) in [6.07, 6.45) is 0. The number of amides is 1. The van der Waals surface area contributed by atoms with Crippen LogP contribution in [-0.4, -0.2) is 58.4 Å². The summed E-state index contributed by atoms with van der Waals surface area (Å²) >= 11 is 0. The Kier molecular flexibility index (Phi) is 7.49. The normalized spacial score (nSPS) is 11.5. The third-order valence-corrected chi connectivity index (χ3v) is 7.06. The molecular weight excluding hydrogens is 404 g/mol. The van der Waals surface area contributed by atoms with E-state index in [-0.39, 0.29) is 10.8 Å². The standard InChI is InChI=1S/C22H30N2O5S/c1-8-24(14-17-9-10-19(28-6)20(12-17)29-7)22(25)18-11-15(2)16(3)21(13-18)30(26,27)23(4)5/h9-13H,8,14H2,1-7H3. The first-order valence-corrected chi connectivity index (χ1v) is 11.0. The van der Waals surface area contributed by atoms with Crippen LogP contribution < -0.4 is 9.47 Å². The lowest BCUT2D eigenvalue weighted by molar-refractivity contribution is 0.0752. The molecule has 0 saturated carbocycles. The van der Waals surface area contributed by atoms with Crippen LogP contribution >= 0.6 is 0 Å². The molecule has 1 amide bonds. The van der Waals surface area contributed by atoms with Gasteiger partial charge in [0, 0.05) is 32.7 Å². The summed E-state index contributed by atoms with van der Waals surface area (Å²) in [5.41, 5.74) is 2.63. The third kappa shape index (κ3) is 4.76. The van der Waals surface area contributed by atoms with Crippen molar-refractivity contribution < 1.29 is 22.7 Å². The van der Waals surface area contributed by atoms with Gasteiger partial charge in [0.25, 0.3) is 5.91 Å². The molecule has 0 aromatic heterocycles. The van der Waals surface area contributed by atoms with Crippen molar-refractivity contribution in [3.63, 3.8) is 0 Å². The molecule has 0 N–H and O–H groups in total. The second-order valence-electron chi connectivity index (χ2n) is 7.21. The van der Waals surface area contributed by atoms with Gasteiger partial charge in [0.05, 0.1) is 19.1 Å². The van der Waals surface area contributed by atoms with Gasteiger partial charge in [-0.3, -0.25) is 4.79 Å². The van der Waals surface area contributed by atoms with Gasteiger partial charge in [-0.05, 0) is 61.7 Å². The summed E-state index contributed by atoms with van der Waals surface area (Å²) in [7, 11) is 2.43. The summed E-state index contributed by atoms with van der Waals surface area (Å²) in [4.78, 5) is 15.0. The molecule has 0 aliphatic rings. The van der Waals surface area contributed by atoms with Crippen molar-refractivity contribution in [1.82, 2.24) is 9.21 Å². The van der Waals surface area contributed by atoms with E-state index in [2.05, 4.69) is 0 Å². The minimum atomic E-state index is -3.66. The van der Waals surface area contributed by atoms with Crippen LogP contribution in [0.4, 0.5) is 0 Å². The average Bonchev–Trinajstić information content (AvgIpc) is 2.72. The van der Waals surface area contributed by atoms with E-state index in [1.165, 1.54) is 20.2 Å². The molecule has 0 unspecified atom stereocenters. The lowest BCUT2D eigenvalue weighted by Gasteiger charge is -2.23. The van der Waals surface area contributed by atoms with Crippen molar-refractivity contribution in [2.45, 2.75) is 32.2 Å². The molecule has 0 fully saturated rings. The Morgan fingerprint density at radius 1 is 1.00 bits per heavy atom. The molecule has 0 aliphatic carbocycles. The van der Waals surface area contributed by atoms with Crippen LogP contribution in [0, 0.1) is 13.8 Å². The van der Waals surface area contributed by atoms with Crippen molar-refractivity contribution in [3.05, 3.63) is 52.6 Å². The molecule has 0 heterocycles. The van der Waals surface area contributed by atoms with Gasteiger partial charge in [-0.2, -0.15) is 0 Å². The van der Waals surface area contributed by atoms with Crippen LogP contribution in [0.1, 0.15) is 34.0 Å². The summed E-state index contributed by atoms with van der Waals surface area (Å²) in [6, 6.07) is 8.71. The molecule has 8 heteroatoms. The number of aryl methyl sites for hydroxylation is 1. The molecule has 0 bridgehead atoms. The van der Waals surface area contributed by atoms with Gasteiger partial charge in [0.2, 0.25) is 10.0 Å². The van der Waals surface area contributed by atoms with Gasteiger partial charge >= 0.3 is 0 Å². The number of ether oxygens (including phenoxy) is 2. The first-order valence-electron chi connectivity index (χ1n) is 9.60. The van der Waals surface area contributed by atoms with E-state index in [4.69, 9.17) is 9.47 Å². The highest BCUT2D eigenvalue weighted by Gasteiger charge is 2.24. The summed E-state index contributed by atoms with van der Waals surface area (Å²) in [6.45, 7) is 6.28. The number of hydrogen-bond donors (Lipinski definition) is 0. The smallest absolute Gasteiger partial charge is 0.254 e. The first kappa shape index (κ1) is 23.7. The van der Waals surface area contributed by atoms with Crippen molar-refractivity contribution in [1.29, 1.82) is 0 Å². The van der Waals surface area contributed by atoms with Crippen molar-refractivity contribution in [2.75, 3.05) is 34.9 Å². The minimum absolute atomic E-state index is 0.151. The van der Waals surface area contributed by atoms with Crippen LogP contribution in [0.3, 0.4) is 0 Å². The predicted molar refractivity (Wildman–Crippen MR) is 117 cm³/mol. The zero-order valence-corrected chi connectivity index (χ0v) is 19.5. The largest absolute Gasteiger partial charge is 0.493 e. The van der Waals surface area contributed by atoms with Crippen LogP contribution in [0.2, 0.25) is 0 Å². The monoisotopic (exact) mass is 434 g/mol. The molecule has 0 aliphatic heterocycles. The third-order valence-electron chi connectivity index (χ3n) is 5.12. The highest BCUT2D eigenvalue weighted by molar-refractivity contribution is 7.89. The Bertz CT molecular complexity index is 1030. The van der Waals surface area contributed by atoms with E-state index < -0.39 is 10.0 Å². The Labute approximate surface area is 179 Å². The number of nitrogens with zero attached hydrogens (tertiary/aromatic N) is 2. The van der Waals surface area contributed by atoms with E-state index in [0.717, 1.165) is 15.4 Å². The maximum atomic E-state index is 13.2. The second-order valence-corrected chi connectivity index (χ2v) is 9.33. The number of rotatable bonds is 8. The maximum Gasteiger partial charge on any atom is 0.254 e. The fraction of sp³-hybridized carbons (Fsp3) is 0.409. The fourth-order valence-corrected chi connectivity index (χ4v) is 4.34. The highest BCUT2D eigenvalue weighted by Crippen LogP contribution is 2.29. The summed E-state index contributed by atoms with van der Waals surface area (Å²) in [5, 5.41) is 0. The molecule has 0 radical (unpaired) electrons. The van der Waals surface area contributed by atoms with Crippen molar-refractivity contribution in [2.24, 2.45) is 0 Å². The van der Waals surface area contributed by atoms with Gasteiger partial charge in [-0.15, -0.1) is 0 Å². The number of carbonyl (C=O) groups is 1. The van der Waals surface area contributed by atoms with Crippen LogP contribution in [0.25, 0.3) is 0 Å². The van der Waals surface area contributed by atoms with Crippen molar-refractivity contribution in [3.8, 4) is 11.5 Å². The van der Waals surface area contributed by atoms with E-state index in [0.29, 0.717) is 35.7 Å². The molecular formula is C22H30N2O5S. The molecule has 2 rings (SSSR count). The zero-order chi connectivity index (χ0) is 22.6. The van der Waals surface area contributed by atoms with Gasteiger partial charge in [0.1, 0.15) is 0 Å². The predicted octanol–water partition coefficient (Wildman–Crippen LogP) is 3.23. The molecule has 2 aromatic rings. The van der Waals surface area contributed by atoms with Crippen LogP contribution in [0.15, 0.2) is 35.2 Å². The Hall–Kier alpha value is -2.58. The second kappa shape index (κ2) is 9.49. The molecule has 2 aromatic carbocycles. The number of carbonyl (C=O) groups excluding carboxylic acids is 1. The van der Waals surface area contributed by atoms with Gasteiger partial charge in [0.15, 0.2) is 11.5 Å². The average molecular weight is 435 g/mol. The minimum Gasteiger partial charge on any atom is -0.493 e. The summed E-state index contributed by atoms with van der Waals surface area (Å²) < 4.78 is 37.2. The lowest BCUT2D eigenvalue weighted by Crippen LogP contribution is -2.31. The first-order chi connectivity index (χ1) is 14.1. The van der Waals surface area contributed by atoms with E-state index in [9.17, 15) is 13.2 Å². The molecule has 7 nitrogen and oxygen atoms in total. The highest BCUT2D eigenvalue weighted by atomic mass is 32.2. The van der Waals surface area contributed by atoms with Gasteiger partial charge < -0.3 is 14.4 Å². The Morgan fingerprint density at radius 2 is 1.63 bits per heavy atom. The molecule has 0 spiro atoms. The lowest BCUT2D eigenvalue weighted by atomic mass is 10.0. The van der Waals surface area contributed by atoms with Crippen LogP contribution in [0.5, 0.6) is 11.5 Å². The number of benzene rings is 2. The fourth-order valence-electron chi connectivity index (χ4n) is 3.12. The molecule has 30 heavy (non-hydrogen) atoms. The number of sulfonamides is 1. The quantitative estimate of drug-likeness (QED) is 0.638. The SMILES string of the molecule is CCN(Cc1ccc(OC)c(OC)c1)C(=O)c1cc(C)c(C)c(S(=O)(=O)N(C)C)c1.